The molecule has 0 amide bonds. The lowest BCUT2D eigenvalue weighted by atomic mass is 10.1. The van der Waals surface area contributed by atoms with E-state index in [1.807, 2.05) is 0 Å². The molecule has 2 aromatic carbocycles. The molecule has 0 bridgehead atoms. The Labute approximate surface area is 163 Å². The molecule has 1 aliphatic carbocycles. The van der Waals surface area contributed by atoms with Gasteiger partial charge >= 0.3 is 11.9 Å². The predicted octanol–water partition coefficient (Wildman–Crippen LogP) is 1.86. The Kier molecular flexibility index (Phi) is 5.26. The van der Waals surface area contributed by atoms with Crippen LogP contribution in [0.1, 0.15) is 40.0 Å². The number of phenolic OH excluding ortho intramolecular Hbond substituents is 6. The van der Waals surface area contributed by atoms with Crippen LogP contribution in [-0.4, -0.2) is 54.8 Å². The van der Waals surface area contributed by atoms with Crippen LogP contribution in [0.25, 0.3) is 0 Å². The quantitative estimate of drug-likeness (QED) is 0.325. The molecule has 0 spiro atoms. The van der Waals surface area contributed by atoms with Crippen molar-refractivity contribution in [2.24, 2.45) is 0 Å². The summed E-state index contributed by atoms with van der Waals surface area (Å²) in [4.78, 5) is 24.6. The van der Waals surface area contributed by atoms with Crippen molar-refractivity contribution in [3.8, 4) is 34.5 Å². The highest BCUT2D eigenvalue weighted by atomic mass is 16.6. The van der Waals surface area contributed by atoms with E-state index in [0.29, 0.717) is 19.3 Å². The highest BCUT2D eigenvalue weighted by Gasteiger charge is 2.34. The third-order valence-electron chi connectivity index (χ3n) is 4.52. The van der Waals surface area contributed by atoms with Crippen molar-refractivity contribution >= 4 is 11.9 Å². The first-order chi connectivity index (χ1) is 13.7. The zero-order valence-electron chi connectivity index (χ0n) is 14.9. The molecule has 10 heteroatoms. The number of rotatable bonds is 4. The van der Waals surface area contributed by atoms with Crippen molar-refractivity contribution in [1.29, 1.82) is 0 Å². The van der Waals surface area contributed by atoms with Gasteiger partial charge in [-0.2, -0.15) is 0 Å². The average Bonchev–Trinajstić information content (AvgIpc) is 3.09. The van der Waals surface area contributed by atoms with Crippen molar-refractivity contribution in [2.75, 3.05) is 0 Å². The van der Waals surface area contributed by atoms with Crippen molar-refractivity contribution in [3.05, 3.63) is 35.4 Å². The largest absolute Gasteiger partial charge is 0.504 e. The normalized spacial score (nSPS) is 18.3. The standard InChI is InChI=1S/C19H18O10/c20-10-4-8(5-11(21)16(10)24)18(26)28-14-2-1-3-15(14)29-19(27)9-6-12(22)17(25)13(23)7-9/h4-7,14-15,20-25H,1-3H2/t14-,15+. The number of phenols is 6. The molecule has 154 valence electrons. The second-order valence-electron chi connectivity index (χ2n) is 6.54. The molecular formula is C19H18O10. The lowest BCUT2D eigenvalue weighted by Gasteiger charge is -2.21. The molecule has 29 heavy (non-hydrogen) atoms. The van der Waals surface area contributed by atoms with Gasteiger partial charge in [0, 0.05) is 0 Å². The van der Waals surface area contributed by atoms with Gasteiger partial charge in [0.2, 0.25) is 0 Å². The number of ether oxygens (including phenoxy) is 2. The fourth-order valence-corrected chi connectivity index (χ4v) is 3.02. The van der Waals surface area contributed by atoms with Gasteiger partial charge in [0.05, 0.1) is 11.1 Å². The topological polar surface area (TPSA) is 174 Å². The number of hydrogen-bond donors (Lipinski definition) is 6. The van der Waals surface area contributed by atoms with Crippen molar-refractivity contribution in [3.63, 3.8) is 0 Å². The number of carbonyl (C=O) groups is 2. The summed E-state index contributed by atoms with van der Waals surface area (Å²) in [6, 6.07) is 3.70. The van der Waals surface area contributed by atoms with Crippen LogP contribution in [0.2, 0.25) is 0 Å². The van der Waals surface area contributed by atoms with E-state index in [4.69, 9.17) is 9.47 Å². The van der Waals surface area contributed by atoms with E-state index in [0.717, 1.165) is 24.3 Å². The molecule has 2 aromatic rings. The molecule has 6 N–H and O–H groups in total. The second-order valence-corrected chi connectivity index (χ2v) is 6.54. The van der Waals surface area contributed by atoms with Crippen LogP contribution < -0.4 is 0 Å². The first-order valence-electron chi connectivity index (χ1n) is 8.59. The van der Waals surface area contributed by atoms with Crippen molar-refractivity contribution < 1.29 is 49.7 Å². The van der Waals surface area contributed by atoms with Gasteiger partial charge in [-0.25, -0.2) is 9.59 Å². The van der Waals surface area contributed by atoms with E-state index in [1.54, 1.807) is 0 Å². The second kappa shape index (κ2) is 7.66. The Hall–Kier alpha value is -3.82. The van der Waals surface area contributed by atoms with Crippen LogP contribution in [0.5, 0.6) is 34.5 Å². The minimum absolute atomic E-state index is 0.205. The molecule has 0 aromatic heterocycles. The minimum Gasteiger partial charge on any atom is -0.504 e. The maximum absolute atomic E-state index is 12.3. The van der Waals surface area contributed by atoms with E-state index in [-0.39, 0.29) is 11.1 Å². The fourth-order valence-electron chi connectivity index (χ4n) is 3.02. The van der Waals surface area contributed by atoms with Crippen molar-refractivity contribution in [2.45, 2.75) is 31.5 Å². The summed E-state index contributed by atoms with van der Waals surface area (Å²) >= 11 is 0. The van der Waals surface area contributed by atoms with Gasteiger partial charge in [-0.3, -0.25) is 0 Å². The van der Waals surface area contributed by atoms with E-state index < -0.39 is 58.6 Å². The fraction of sp³-hybridized carbons (Fsp3) is 0.263. The third-order valence-corrected chi connectivity index (χ3v) is 4.52. The van der Waals surface area contributed by atoms with Gasteiger partial charge in [0.1, 0.15) is 12.2 Å². The molecular weight excluding hydrogens is 388 g/mol. The van der Waals surface area contributed by atoms with Crippen LogP contribution in [0.3, 0.4) is 0 Å². The van der Waals surface area contributed by atoms with Gasteiger partial charge < -0.3 is 40.1 Å². The number of benzene rings is 2. The summed E-state index contributed by atoms with van der Waals surface area (Å²) in [6.07, 6.45) is -0.223. The number of esters is 2. The maximum atomic E-state index is 12.3. The maximum Gasteiger partial charge on any atom is 0.338 e. The Bertz CT molecular complexity index is 844. The van der Waals surface area contributed by atoms with E-state index in [9.17, 15) is 40.2 Å². The Morgan fingerprint density at radius 1 is 0.655 bits per heavy atom. The number of aromatic hydroxyl groups is 6. The van der Waals surface area contributed by atoms with E-state index >= 15 is 0 Å². The van der Waals surface area contributed by atoms with Gasteiger partial charge in [0.15, 0.2) is 34.5 Å². The molecule has 2 atom stereocenters. The summed E-state index contributed by atoms with van der Waals surface area (Å²) in [6.45, 7) is 0. The molecule has 3 rings (SSSR count). The molecule has 0 radical (unpaired) electrons. The molecule has 0 aliphatic heterocycles. The summed E-state index contributed by atoms with van der Waals surface area (Å²) < 4.78 is 10.6. The van der Waals surface area contributed by atoms with E-state index in [2.05, 4.69) is 0 Å². The Morgan fingerprint density at radius 2 is 0.966 bits per heavy atom. The first-order valence-corrected chi connectivity index (χ1v) is 8.59. The summed E-state index contributed by atoms with van der Waals surface area (Å²) in [5, 5.41) is 56.7. The average molecular weight is 406 g/mol. The van der Waals surface area contributed by atoms with Gasteiger partial charge in [-0.1, -0.05) is 0 Å². The van der Waals surface area contributed by atoms with Crippen LogP contribution >= 0.6 is 0 Å². The molecule has 0 saturated heterocycles. The SMILES string of the molecule is O=C(O[C@H]1CCC[C@H]1OC(=O)c1cc(O)c(O)c(O)c1)c1cc(O)c(O)c(O)c1. The monoisotopic (exact) mass is 406 g/mol. The molecule has 1 fully saturated rings. The van der Waals surface area contributed by atoms with Gasteiger partial charge in [-0.15, -0.1) is 0 Å². The highest BCUT2D eigenvalue weighted by Crippen LogP contribution is 2.37. The van der Waals surface area contributed by atoms with E-state index in [1.165, 1.54) is 0 Å². The summed E-state index contributed by atoms with van der Waals surface area (Å²) in [5.41, 5.74) is -0.411. The first kappa shape index (κ1) is 19.9. The van der Waals surface area contributed by atoms with Crippen LogP contribution in [0.15, 0.2) is 24.3 Å². The minimum atomic E-state index is -0.900. The van der Waals surface area contributed by atoms with Crippen molar-refractivity contribution in [1.82, 2.24) is 0 Å². The lowest BCUT2D eigenvalue weighted by Crippen LogP contribution is -2.30. The van der Waals surface area contributed by atoms with Gasteiger partial charge in [-0.05, 0) is 43.5 Å². The van der Waals surface area contributed by atoms with Crippen LogP contribution in [-0.2, 0) is 9.47 Å². The summed E-state index contributed by atoms with van der Waals surface area (Å²) in [5.74, 6) is -6.12. The predicted molar refractivity (Wildman–Crippen MR) is 95.1 cm³/mol. The van der Waals surface area contributed by atoms with Crippen LogP contribution in [0.4, 0.5) is 0 Å². The molecule has 1 aliphatic rings. The summed E-state index contributed by atoms with van der Waals surface area (Å²) in [7, 11) is 0. The third kappa shape index (κ3) is 4.05. The molecule has 1 saturated carbocycles. The Balaban J connectivity index is 1.70. The molecule has 10 nitrogen and oxygen atoms in total. The smallest absolute Gasteiger partial charge is 0.338 e. The number of carbonyl (C=O) groups excluding carboxylic acids is 2. The molecule has 0 heterocycles. The van der Waals surface area contributed by atoms with Crippen LogP contribution in [0, 0.1) is 0 Å². The van der Waals surface area contributed by atoms with Gasteiger partial charge in [0.25, 0.3) is 0 Å². The lowest BCUT2D eigenvalue weighted by molar-refractivity contribution is -0.0239. The zero-order chi connectivity index (χ0) is 21.3. The highest BCUT2D eigenvalue weighted by molar-refractivity contribution is 5.92. The zero-order valence-corrected chi connectivity index (χ0v) is 14.9. The Morgan fingerprint density at radius 3 is 1.28 bits per heavy atom. The molecule has 0 unspecified atom stereocenters. The number of hydrogen-bond acceptors (Lipinski definition) is 10.